The minimum Gasteiger partial charge on any atom is -0.459 e. The lowest BCUT2D eigenvalue weighted by molar-refractivity contribution is -0.00579. The first kappa shape index (κ1) is 14.3. The van der Waals surface area contributed by atoms with E-state index in [1.165, 1.54) is 6.26 Å². The van der Waals surface area contributed by atoms with Crippen molar-refractivity contribution in [1.29, 1.82) is 0 Å². The normalized spacial score (nSPS) is 10.8. The highest BCUT2D eigenvalue weighted by Crippen LogP contribution is 2.11. The van der Waals surface area contributed by atoms with Gasteiger partial charge in [0.15, 0.2) is 5.76 Å². The molecule has 0 aliphatic heterocycles. The third kappa shape index (κ3) is 3.96. The highest BCUT2D eigenvalue weighted by Gasteiger charge is 2.19. The average Bonchev–Trinajstić information content (AvgIpc) is 2.97. The maximum Gasteiger partial charge on any atom is 0.291 e. The Morgan fingerprint density at radius 3 is 2.55 bits per heavy atom. The van der Waals surface area contributed by atoms with Crippen LogP contribution >= 0.6 is 0 Å². The Morgan fingerprint density at radius 1 is 1.20 bits per heavy atom. The van der Waals surface area contributed by atoms with Crippen molar-refractivity contribution < 1.29 is 13.9 Å². The smallest absolute Gasteiger partial charge is 0.291 e. The summed E-state index contributed by atoms with van der Waals surface area (Å²) < 4.78 is 10.7. The first-order chi connectivity index (χ1) is 9.66. The molecule has 1 amide bonds. The molecule has 4 nitrogen and oxygen atoms in total. The van der Waals surface area contributed by atoms with Crippen molar-refractivity contribution in [2.75, 3.05) is 6.73 Å². The van der Waals surface area contributed by atoms with Crippen LogP contribution in [0.1, 0.15) is 30.0 Å². The summed E-state index contributed by atoms with van der Waals surface area (Å²) in [6.45, 7) is 4.62. The molecule has 4 heteroatoms. The van der Waals surface area contributed by atoms with E-state index in [0.29, 0.717) is 12.3 Å². The van der Waals surface area contributed by atoms with E-state index in [4.69, 9.17) is 9.15 Å². The lowest BCUT2D eigenvalue weighted by Gasteiger charge is -2.23. The minimum atomic E-state index is -0.167. The second-order valence-electron chi connectivity index (χ2n) is 4.81. The molecule has 0 saturated carbocycles. The summed E-state index contributed by atoms with van der Waals surface area (Å²) in [6, 6.07) is 13.2. The molecular formula is C16H19NO3. The van der Waals surface area contributed by atoms with Gasteiger partial charge in [0, 0.05) is 6.54 Å². The van der Waals surface area contributed by atoms with Gasteiger partial charge in [-0.05, 0) is 31.5 Å². The number of benzene rings is 1. The summed E-state index contributed by atoms with van der Waals surface area (Å²) in [6.07, 6.45) is 1.56. The standard InChI is InChI=1S/C16H19NO3/c1-13(2)20-12-17(11-14-7-4-3-5-8-14)16(18)15-9-6-10-19-15/h3-10,13H,11-12H2,1-2H3. The van der Waals surface area contributed by atoms with Gasteiger partial charge in [0.2, 0.25) is 0 Å². The fourth-order valence-electron chi connectivity index (χ4n) is 1.78. The molecule has 0 fully saturated rings. The SMILES string of the molecule is CC(C)OCN(Cc1ccccc1)C(=O)c1ccco1. The predicted octanol–water partition coefficient (Wildman–Crippen LogP) is 3.30. The van der Waals surface area contributed by atoms with Crippen molar-refractivity contribution in [2.24, 2.45) is 0 Å². The zero-order chi connectivity index (χ0) is 14.4. The van der Waals surface area contributed by atoms with Crippen LogP contribution in [0.4, 0.5) is 0 Å². The summed E-state index contributed by atoms with van der Waals surface area (Å²) in [5.74, 6) is 0.160. The highest BCUT2D eigenvalue weighted by molar-refractivity contribution is 5.91. The van der Waals surface area contributed by atoms with Gasteiger partial charge in [0.05, 0.1) is 12.4 Å². The number of rotatable bonds is 6. The van der Waals surface area contributed by atoms with Gasteiger partial charge in [-0.2, -0.15) is 0 Å². The number of hydrogen-bond donors (Lipinski definition) is 0. The lowest BCUT2D eigenvalue weighted by atomic mass is 10.2. The summed E-state index contributed by atoms with van der Waals surface area (Å²) in [5.41, 5.74) is 1.06. The molecule has 1 heterocycles. The molecule has 1 aromatic carbocycles. The Bertz CT molecular complexity index is 520. The van der Waals surface area contributed by atoms with Gasteiger partial charge in [-0.1, -0.05) is 30.3 Å². The van der Waals surface area contributed by atoms with Gasteiger partial charge in [0.25, 0.3) is 5.91 Å². The fraction of sp³-hybridized carbons (Fsp3) is 0.312. The number of ether oxygens (including phenoxy) is 1. The van der Waals surface area contributed by atoms with Crippen LogP contribution < -0.4 is 0 Å². The second kappa shape index (κ2) is 6.91. The number of amides is 1. The third-order valence-corrected chi connectivity index (χ3v) is 2.80. The number of carbonyl (C=O) groups is 1. The van der Waals surface area contributed by atoms with Gasteiger partial charge >= 0.3 is 0 Å². The van der Waals surface area contributed by atoms with Crippen molar-refractivity contribution >= 4 is 5.91 Å². The molecule has 0 aliphatic rings. The Balaban J connectivity index is 2.10. The van der Waals surface area contributed by atoms with Crippen molar-refractivity contribution in [3.8, 4) is 0 Å². The molecule has 0 saturated heterocycles. The van der Waals surface area contributed by atoms with Gasteiger partial charge in [-0.25, -0.2) is 0 Å². The first-order valence-electron chi connectivity index (χ1n) is 6.65. The van der Waals surface area contributed by atoms with Crippen molar-refractivity contribution in [2.45, 2.75) is 26.5 Å². The molecule has 1 aromatic heterocycles. The predicted molar refractivity (Wildman–Crippen MR) is 76.1 cm³/mol. The van der Waals surface area contributed by atoms with Gasteiger partial charge in [-0.3, -0.25) is 4.79 Å². The summed E-state index contributed by atoms with van der Waals surface area (Å²) in [5, 5.41) is 0. The fourth-order valence-corrected chi connectivity index (χ4v) is 1.78. The maximum absolute atomic E-state index is 12.4. The Hall–Kier alpha value is -2.07. The molecule has 0 bridgehead atoms. The zero-order valence-corrected chi connectivity index (χ0v) is 11.8. The van der Waals surface area contributed by atoms with Crippen LogP contribution in [0.5, 0.6) is 0 Å². The van der Waals surface area contributed by atoms with Gasteiger partial charge in [0.1, 0.15) is 6.73 Å². The van der Waals surface area contributed by atoms with Crippen molar-refractivity contribution in [1.82, 2.24) is 4.90 Å². The van der Waals surface area contributed by atoms with Crippen LogP contribution in [-0.2, 0) is 11.3 Å². The van der Waals surface area contributed by atoms with E-state index in [1.54, 1.807) is 17.0 Å². The van der Waals surface area contributed by atoms with Crippen LogP contribution in [0, 0.1) is 0 Å². The summed E-state index contributed by atoms with van der Waals surface area (Å²) in [7, 11) is 0. The number of hydrogen-bond acceptors (Lipinski definition) is 3. The van der Waals surface area contributed by atoms with E-state index >= 15 is 0 Å². The van der Waals surface area contributed by atoms with E-state index in [-0.39, 0.29) is 18.7 Å². The van der Waals surface area contributed by atoms with Crippen LogP contribution in [-0.4, -0.2) is 23.6 Å². The number of nitrogens with zero attached hydrogens (tertiary/aromatic N) is 1. The molecule has 0 spiro atoms. The quantitative estimate of drug-likeness (QED) is 0.758. The van der Waals surface area contributed by atoms with Crippen molar-refractivity contribution in [3.63, 3.8) is 0 Å². The Morgan fingerprint density at radius 2 is 1.95 bits per heavy atom. The number of furan rings is 1. The van der Waals surface area contributed by atoms with Crippen LogP contribution in [0.3, 0.4) is 0 Å². The third-order valence-electron chi connectivity index (χ3n) is 2.80. The van der Waals surface area contributed by atoms with E-state index in [1.807, 2.05) is 44.2 Å². The van der Waals surface area contributed by atoms with E-state index in [9.17, 15) is 4.79 Å². The maximum atomic E-state index is 12.4. The second-order valence-corrected chi connectivity index (χ2v) is 4.81. The lowest BCUT2D eigenvalue weighted by Crippen LogP contribution is -2.33. The molecular weight excluding hydrogens is 254 g/mol. The molecule has 0 unspecified atom stereocenters. The van der Waals surface area contributed by atoms with Crippen LogP contribution in [0.2, 0.25) is 0 Å². The molecule has 20 heavy (non-hydrogen) atoms. The molecule has 2 rings (SSSR count). The van der Waals surface area contributed by atoms with E-state index in [2.05, 4.69) is 0 Å². The Labute approximate surface area is 119 Å². The average molecular weight is 273 g/mol. The van der Waals surface area contributed by atoms with Crippen molar-refractivity contribution in [3.05, 3.63) is 60.1 Å². The monoisotopic (exact) mass is 273 g/mol. The number of carbonyl (C=O) groups excluding carboxylic acids is 1. The molecule has 2 aromatic rings. The molecule has 0 radical (unpaired) electrons. The highest BCUT2D eigenvalue weighted by atomic mass is 16.5. The Kier molecular flexibility index (Phi) is 4.96. The summed E-state index contributed by atoms with van der Waals surface area (Å²) >= 11 is 0. The molecule has 0 atom stereocenters. The molecule has 106 valence electrons. The summed E-state index contributed by atoms with van der Waals surface area (Å²) in [4.78, 5) is 14.0. The minimum absolute atomic E-state index is 0.0673. The zero-order valence-electron chi connectivity index (χ0n) is 11.8. The van der Waals surface area contributed by atoms with E-state index in [0.717, 1.165) is 5.56 Å². The van der Waals surface area contributed by atoms with E-state index < -0.39 is 0 Å². The molecule has 0 N–H and O–H groups in total. The molecule has 0 aliphatic carbocycles. The largest absolute Gasteiger partial charge is 0.459 e. The van der Waals surface area contributed by atoms with Gasteiger partial charge in [-0.15, -0.1) is 0 Å². The van der Waals surface area contributed by atoms with Gasteiger partial charge < -0.3 is 14.1 Å². The van der Waals surface area contributed by atoms with Crippen LogP contribution in [0.15, 0.2) is 53.1 Å². The first-order valence-corrected chi connectivity index (χ1v) is 6.65. The van der Waals surface area contributed by atoms with Crippen LogP contribution in [0.25, 0.3) is 0 Å². The topological polar surface area (TPSA) is 42.7 Å².